The van der Waals surface area contributed by atoms with Crippen molar-refractivity contribution in [2.75, 3.05) is 106 Å². The summed E-state index contributed by atoms with van der Waals surface area (Å²) >= 11 is 0. The number of hydrogen-bond donors (Lipinski definition) is 2. The van der Waals surface area contributed by atoms with E-state index >= 15 is 0 Å². The molecule has 5 aromatic carbocycles. The Morgan fingerprint density at radius 1 is 0.629 bits per heavy atom. The molecule has 0 radical (unpaired) electrons. The fraction of sp³-hybridized carbons (Fsp3) is 0.400. The standard InChI is InChI=1S/C55H63N5O10/c1-5-43(61)13-10-16-58(17-18-67-21-22-68-20-19-64-2)40-24-36(34-69-52-30-46-44(28-50(52)65-3)54(62)59-41(32-56-46)26-38-11-6-8-14-48(38)59)23-37(25-40)35-70-53-31-47-45(29-51(53)66-4)55(63)60-42(33-57-47)27-39-12-7-9-15-49(39)60/h6-9,11-12,14-15,23-25,28-31,41-42,56-57H,5,10,13,16-22,26-27,32-35H2,1-4H3/t41-,42-/m0/s1. The van der Waals surface area contributed by atoms with Crippen LogP contribution in [0, 0.1) is 0 Å². The van der Waals surface area contributed by atoms with Crippen molar-refractivity contribution in [2.24, 2.45) is 0 Å². The van der Waals surface area contributed by atoms with Gasteiger partial charge in [-0.1, -0.05) is 43.3 Å². The number of anilines is 5. The van der Waals surface area contributed by atoms with E-state index in [1.807, 2.05) is 71.3 Å². The molecule has 0 aromatic heterocycles. The molecule has 368 valence electrons. The lowest BCUT2D eigenvalue weighted by Gasteiger charge is -2.26. The highest BCUT2D eigenvalue weighted by Crippen LogP contribution is 2.43. The van der Waals surface area contributed by atoms with Crippen LogP contribution in [0.3, 0.4) is 0 Å². The minimum atomic E-state index is -0.0833. The predicted octanol–water partition coefficient (Wildman–Crippen LogP) is 8.10. The molecule has 9 rings (SSSR count). The largest absolute Gasteiger partial charge is 0.493 e. The van der Waals surface area contributed by atoms with E-state index < -0.39 is 0 Å². The van der Waals surface area contributed by atoms with Crippen molar-refractivity contribution in [1.82, 2.24) is 0 Å². The molecule has 0 bridgehead atoms. The Morgan fingerprint density at radius 2 is 1.14 bits per heavy atom. The fourth-order valence-electron chi connectivity index (χ4n) is 9.89. The molecule has 0 saturated heterocycles. The number of carbonyl (C=O) groups is 3. The molecule has 4 heterocycles. The Kier molecular flexibility index (Phi) is 15.4. The van der Waals surface area contributed by atoms with Crippen LogP contribution in [0.2, 0.25) is 0 Å². The molecule has 0 unspecified atom stereocenters. The average Bonchev–Trinajstić information content (AvgIpc) is 3.88. The zero-order valence-corrected chi connectivity index (χ0v) is 40.6. The number of ketones is 1. The highest BCUT2D eigenvalue weighted by Gasteiger charge is 2.39. The molecule has 4 aliphatic heterocycles. The van der Waals surface area contributed by atoms with E-state index in [0.29, 0.717) is 124 Å². The van der Waals surface area contributed by atoms with Crippen molar-refractivity contribution < 1.29 is 47.5 Å². The number of rotatable bonds is 23. The number of hydrogen-bond acceptors (Lipinski definition) is 13. The summed E-state index contributed by atoms with van der Waals surface area (Å²) in [6, 6.07) is 29.6. The zero-order chi connectivity index (χ0) is 48.6. The Hall–Kier alpha value is -6.81. The Morgan fingerprint density at radius 3 is 1.66 bits per heavy atom. The maximum atomic E-state index is 14.2. The van der Waals surface area contributed by atoms with Gasteiger partial charge in [0, 0.05) is 75.3 Å². The number of Topliss-reactive ketones (excluding diaryl/α,β-unsaturated/α-hetero) is 1. The van der Waals surface area contributed by atoms with Gasteiger partial charge in [0.25, 0.3) is 11.8 Å². The number of fused-ring (bicyclic) bond motifs is 8. The Balaban J connectivity index is 0.984. The van der Waals surface area contributed by atoms with E-state index in [1.165, 1.54) is 0 Å². The molecule has 5 aromatic rings. The van der Waals surface area contributed by atoms with Gasteiger partial charge in [-0.05, 0) is 84.0 Å². The summed E-state index contributed by atoms with van der Waals surface area (Å²) in [7, 11) is 4.79. The third-order valence-corrected chi connectivity index (χ3v) is 13.5. The van der Waals surface area contributed by atoms with Crippen LogP contribution in [-0.4, -0.2) is 110 Å². The van der Waals surface area contributed by atoms with Gasteiger partial charge >= 0.3 is 0 Å². The van der Waals surface area contributed by atoms with Crippen LogP contribution < -0.4 is 44.3 Å². The molecule has 2 amide bonds. The normalized spacial score (nSPS) is 16.3. The summed E-state index contributed by atoms with van der Waals surface area (Å²) in [5, 5.41) is 7.06. The smallest absolute Gasteiger partial charge is 0.260 e. The van der Waals surface area contributed by atoms with E-state index in [2.05, 4.69) is 39.8 Å². The lowest BCUT2D eigenvalue weighted by Crippen LogP contribution is -2.39. The maximum absolute atomic E-state index is 14.2. The molecule has 2 atom stereocenters. The van der Waals surface area contributed by atoms with Crippen molar-refractivity contribution in [3.8, 4) is 23.0 Å². The number of ether oxygens (including phenoxy) is 7. The summed E-state index contributed by atoms with van der Waals surface area (Å²) in [6.45, 7) is 6.91. The molecule has 0 fully saturated rings. The SMILES string of the molecule is CCC(=O)CCCN(CCOCCOCCOC)c1cc(COc2cc3c(cc2OC)C(=O)N2c4ccccc4C[C@H]2CN3)cc(COc2cc3c(cc2OC)C(=O)N2c4ccccc4C[C@H]2CN3)c1. The number of benzene rings is 5. The van der Waals surface area contributed by atoms with Crippen molar-refractivity contribution in [1.29, 1.82) is 0 Å². The minimum absolute atomic E-state index is 0.0147. The first-order valence-corrected chi connectivity index (χ1v) is 24.3. The summed E-state index contributed by atoms with van der Waals surface area (Å²) in [4.78, 5) is 46.8. The van der Waals surface area contributed by atoms with Crippen LogP contribution in [0.1, 0.15) is 69.2 Å². The van der Waals surface area contributed by atoms with E-state index in [0.717, 1.165) is 52.2 Å². The van der Waals surface area contributed by atoms with Gasteiger partial charge in [0.2, 0.25) is 0 Å². The summed E-state index contributed by atoms with van der Waals surface area (Å²) in [5.74, 6) is 1.91. The number of para-hydroxylation sites is 2. The minimum Gasteiger partial charge on any atom is -0.493 e. The van der Waals surface area contributed by atoms with E-state index in [4.69, 9.17) is 33.2 Å². The van der Waals surface area contributed by atoms with E-state index in [1.54, 1.807) is 33.5 Å². The second-order valence-electron chi connectivity index (χ2n) is 18.0. The zero-order valence-electron chi connectivity index (χ0n) is 40.6. The molecular weight excluding hydrogens is 891 g/mol. The van der Waals surface area contributed by atoms with Crippen LogP contribution in [0.5, 0.6) is 23.0 Å². The fourth-order valence-corrected chi connectivity index (χ4v) is 9.89. The Labute approximate surface area is 409 Å². The molecule has 2 N–H and O–H groups in total. The summed E-state index contributed by atoms with van der Waals surface area (Å²) < 4.78 is 41.7. The molecule has 15 nitrogen and oxygen atoms in total. The second kappa shape index (κ2) is 22.3. The van der Waals surface area contributed by atoms with Gasteiger partial charge in [-0.2, -0.15) is 0 Å². The van der Waals surface area contributed by atoms with Crippen LogP contribution in [-0.2, 0) is 45.1 Å². The first-order valence-electron chi connectivity index (χ1n) is 24.3. The first kappa shape index (κ1) is 48.2. The lowest BCUT2D eigenvalue weighted by molar-refractivity contribution is -0.118. The third kappa shape index (κ3) is 10.5. The van der Waals surface area contributed by atoms with E-state index in [-0.39, 0.29) is 42.9 Å². The average molecular weight is 954 g/mol. The van der Waals surface area contributed by atoms with Gasteiger partial charge in [0.05, 0.1) is 81.8 Å². The molecule has 70 heavy (non-hydrogen) atoms. The molecule has 0 saturated carbocycles. The molecule has 0 spiro atoms. The number of amides is 2. The summed E-state index contributed by atoms with van der Waals surface area (Å²) in [6.07, 6.45) is 3.18. The molecule has 15 heteroatoms. The van der Waals surface area contributed by atoms with Crippen molar-refractivity contribution in [3.05, 3.63) is 124 Å². The van der Waals surface area contributed by atoms with Gasteiger partial charge in [-0.25, -0.2) is 0 Å². The molecule has 4 aliphatic rings. The second-order valence-corrected chi connectivity index (χ2v) is 18.0. The van der Waals surface area contributed by atoms with Crippen molar-refractivity contribution in [2.45, 2.75) is 64.3 Å². The van der Waals surface area contributed by atoms with Crippen molar-refractivity contribution in [3.63, 3.8) is 0 Å². The number of methoxy groups -OCH3 is 3. The quantitative estimate of drug-likeness (QED) is 0.0608. The highest BCUT2D eigenvalue weighted by molar-refractivity contribution is 6.13. The van der Waals surface area contributed by atoms with Crippen molar-refractivity contribution >= 4 is 46.0 Å². The van der Waals surface area contributed by atoms with E-state index in [9.17, 15) is 14.4 Å². The van der Waals surface area contributed by atoms with Crippen LogP contribution in [0.25, 0.3) is 0 Å². The Bertz CT molecular complexity index is 2540. The van der Waals surface area contributed by atoms with Gasteiger partial charge in [0.15, 0.2) is 23.0 Å². The number of nitrogens with one attached hydrogen (secondary N) is 2. The molecule has 0 aliphatic carbocycles. The predicted molar refractivity (Wildman–Crippen MR) is 270 cm³/mol. The first-order chi connectivity index (χ1) is 34.3. The van der Waals surface area contributed by atoms with Crippen LogP contribution in [0.15, 0.2) is 91.0 Å². The monoisotopic (exact) mass is 953 g/mol. The summed E-state index contributed by atoms with van der Waals surface area (Å²) in [5.41, 5.74) is 9.23. The van der Waals surface area contributed by atoms with Gasteiger partial charge < -0.3 is 58.5 Å². The molecular formula is C55H63N5O10. The third-order valence-electron chi connectivity index (χ3n) is 13.5. The topological polar surface area (TPSA) is 150 Å². The van der Waals surface area contributed by atoms with Crippen LogP contribution >= 0.6 is 0 Å². The van der Waals surface area contributed by atoms with Crippen LogP contribution in [0.4, 0.5) is 28.4 Å². The van der Waals surface area contributed by atoms with Gasteiger partial charge in [0.1, 0.15) is 19.0 Å². The van der Waals surface area contributed by atoms with Gasteiger partial charge in [-0.15, -0.1) is 0 Å². The number of carbonyl (C=O) groups excluding carboxylic acids is 3. The maximum Gasteiger partial charge on any atom is 0.260 e. The number of nitrogens with zero attached hydrogens (tertiary/aromatic N) is 3. The highest BCUT2D eigenvalue weighted by atomic mass is 16.5. The lowest BCUT2D eigenvalue weighted by atomic mass is 10.1. The van der Waals surface area contributed by atoms with Gasteiger partial charge in [-0.3, -0.25) is 14.4 Å².